The number of nitrogens with two attached hydrogens (primary N) is 1. The highest BCUT2D eigenvalue weighted by Crippen LogP contribution is 2.35. The van der Waals surface area contributed by atoms with Crippen molar-refractivity contribution in [2.24, 2.45) is 0 Å². The molecule has 0 aliphatic carbocycles. The lowest BCUT2D eigenvalue weighted by Crippen LogP contribution is -1.85. The summed E-state index contributed by atoms with van der Waals surface area (Å²) >= 11 is 0. The lowest BCUT2D eigenvalue weighted by Gasteiger charge is -1.97. The van der Waals surface area contributed by atoms with E-state index in [0.29, 0.717) is 11.4 Å². The SMILES string of the molecule is Cc1[nH]c2ccc(F)cc2c1-c1oncc1N. The van der Waals surface area contributed by atoms with E-state index in [2.05, 4.69) is 10.1 Å². The molecule has 0 saturated heterocycles. The highest BCUT2D eigenvalue weighted by atomic mass is 19.1. The van der Waals surface area contributed by atoms with Gasteiger partial charge in [-0.25, -0.2) is 4.39 Å². The molecule has 0 bridgehead atoms. The molecule has 3 aromatic rings. The molecule has 0 aliphatic heterocycles. The van der Waals surface area contributed by atoms with Crippen molar-refractivity contribution in [1.82, 2.24) is 10.1 Å². The number of rotatable bonds is 1. The molecule has 0 amide bonds. The van der Waals surface area contributed by atoms with E-state index in [4.69, 9.17) is 10.3 Å². The van der Waals surface area contributed by atoms with E-state index in [1.807, 2.05) is 6.92 Å². The molecule has 17 heavy (non-hydrogen) atoms. The number of nitrogens with one attached hydrogen (secondary N) is 1. The predicted molar refractivity (Wildman–Crippen MR) is 62.9 cm³/mol. The minimum atomic E-state index is -0.296. The van der Waals surface area contributed by atoms with Crippen molar-refractivity contribution in [3.05, 3.63) is 35.9 Å². The van der Waals surface area contributed by atoms with Crippen LogP contribution in [0.3, 0.4) is 0 Å². The van der Waals surface area contributed by atoms with Crippen LogP contribution >= 0.6 is 0 Å². The van der Waals surface area contributed by atoms with Gasteiger partial charge >= 0.3 is 0 Å². The van der Waals surface area contributed by atoms with Crippen molar-refractivity contribution in [3.63, 3.8) is 0 Å². The third kappa shape index (κ3) is 1.39. The van der Waals surface area contributed by atoms with Gasteiger partial charge in [-0.05, 0) is 25.1 Å². The normalized spacial score (nSPS) is 11.2. The van der Waals surface area contributed by atoms with Gasteiger partial charge in [-0.2, -0.15) is 0 Å². The molecule has 0 atom stereocenters. The molecule has 5 heteroatoms. The van der Waals surface area contributed by atoms with Gasteiger partial charge in [0.25, 0.3) is 0 Å². The second-order valence-electron chi connectivity index (χ2n) is 3.93. The van der Waals surface area contributed by atoms with Gasteiger partial charge in [-0.15, -0.1) is 0 Å². The largest absolute Gasteiger partial charge is 0.394 e. The summed E-state index contributed by atoms with van der Waals surface area (Å²) in [5.74, 6) is 0.176. The summed E-state index contributed by atoms with van der Waals surface area (Å²) in [6.45, 7) is 1.88. The summed E-state index contributed by atoms with van der Waals surface area (Å²) in [5, 5.41) is 4.38. The number of nitrogens with zero attached hydrogens (tertiary/aromatic N) is 1. The van der Waals surface area contributed by atoms with Crippen molar-refractivity contribution in [3.8, 4) is 11.3 Å². The lowest BCUT2D eigenvalue weighted by molar-refractivity contribution is 0.432. The second kappa shape index (κ2) is 3.35. The van der Waals surface area contributed by atoms with E-state index < -0.39 is 0 Å². The highest BCUT2D eigenvalue weighted by Gasteiger charge is 2.17. The molecule has 3 N–H and O–H groups in total. The number of aromatic nitrogens is 2. The Hall–Kier alpha value is -2.30. The Morgan fingerprint density at radius 3 is 2.94 bits per heavy atom. The molecule has 86 valence electrons. The van der Waals surface area contributed by atoms with Crippen LogP contribution in [0, 0.1) is 12.7 Å². The van der Waals surface area contributed by atoms with Crippen LogP contribution in [0.4, 0.5) is 10.1 Å². The number of fused-ring (bicyclic) bond motifs is 1. The fourth-order valence-corrected chi connectivity index (χ4v) is 2.03. The minimum absolute atomic E-state index is 0.296. The first kappa shape index (κ1) is 9.89. The van der Waals surface area contributed by atoms with Crippen LogP contribution in [0.1, 0.15) is 5.69 Å². The minimum Gasteiger partial charge on any atom is -0.394 e. The molecule has 3 rings (SSSR count). The Morgan fingerprint density at radius 2 is 2.24 bits per heavy atom. The third-order valence-corrected chi connectivity index (χ3v) is 2.77. The van der Waals surface area contributed by atoms with Crippen LogP contribution < -0.4 is 5.73 Å². The molecular weight excluding hydrogens is 221 g/mol. The van der Waals surface area contributed by atoms with Crippen molar-refractivity contribution < 1.29 is 8.91 Å². The van der Waals surface area contributed by atoms with Crippen LogP contribution in [0.15, 0.2) is 28.9 Å². The number of anilines is 1. The molecule has 0 unspecified atom stereocenters. The number of benzene rings is 1. The number of H-pyrrole nitrogens is 1. The molecule has 0 spiro atoms. The summed E-state index contributed by atoms with van der Waals surface area (Å²) in [7, 11) is 0. The third-order valence-electron chi connectivity index (χ3n) is 2.77. The fraction of sp³-hybridized carbons (Fsp3) is 0.0833. The number of aryl methyl sites for hydroxylation is 1. The summed E-state index contributed by atoms with van der Waals surface area (Å²) < 4.78 is 18.4. The van der Waals surface area contributed by atoms with E-state index in [1.54, 1.807) is 6.07 Å². The van der Waals surface area contributed by atoms with Crippen molar-refractivity contribution >= 4 is 16.6 Å². The van der Waals surface area contributed by atoms with Crippen molar-refractivity contribution in [2.45, 2.75) is 6.92 Å². The molecule has 4 nitrogen and oxygen atoms in total. The average molecular weight is 231 g/mol. The maximum absolute atomic E-state index is 13.3. The fourth-order valence-electron chi connectivity index (χ4n) is 2.03. The second-order valence-corrected chi connectivity index (χ2v) is 3.93. The molecule has 0 radical (unpaired) electrons. The van der Waals surface area contributed by atoms with Gasteiger partial charge in [0.2, 0.25) is 0 Å². The zero-order valence-corrected chi connectivity index (χ0v) is 9.12. The Morgan fingerprint density at radius 1 is 1.41 bits per heavy atom. The molecule has 2 heterocycles. The van der Waals surface area contributed by atoms with Gasteiger partial charge in [0.1, 0.15) is 11.5 Å². The Balaban J connectivity index is 2.39. The van der Waals surface area contributed by atoms with Gasteiger partial charge in [0, 0.05) is 16.6 Å². The lowest BCUT2D eigenvalue weighted by atomic mass is 10.1. The number of hydrogen-bond donors (Lipinski definition) is 2. The zero-order chi connectivity index (χ0) is 12.0. The molecule has 1 aromatic carbocycles. The monoisotopic (exact) mass is 231 g/mol. The molecule has 0 fully saturated rings. The van der Waals surface area contributed by atoms with Crippen LogP contribution in [-0.2, 0) is 0 Å². The maximum Gasteiger partial charge on any atom is 0.192 e. The van der Waals surface area contributed by atoms with E-state index >= 15 is 0 Å². The first-order chi connectivity index (χ1) is 8.16. The van der Waals surface area contributed by atoms with Crippen molar-refractivity contribution in [2.75, 3.05) is 5.73 Å². The summed E-state index contributed by atoms with van der Waals surface area (Å²) in [6, 6.07) is 4.55. The van der Waals surface area contributed by atoms with Crippen LogP contribution in [0.5, 0.6) is 0 Å². The van der Waals surface area contributed by atoms with E-state index in [1.165, 1.54) is 18.3 Å². The van der Waals surface area contributed by atoms with Crippen LogP contribution in [-0.4, -0.2) is 10.1 Å². The Kier molecular flexibility index (Phi) is 1.95. The maximum atomic E-state index is 13.3. The van der Waals surface area contributed by atoms with Gasteiger partial charge in [-0.3, -0.25) is 0 Å². The first-order valence-corrected chi connectivity index (χ1v) is 5.15. The van der Waals surface area contributed by atoms with Gasteiger partial charge in [-0.1, -0.05) is 5.16 Å². The van der Waals surface area contributed by atoms with Crippen LogP contribution in [0.2, 0.25) is 0 Å². The number of halogens is 1. The molecule has 0 saturated carbocycles. The van der Waals surface area contributed by atoms with E-state index in [0.717, 1.165) is 22.2 Å². The van der Waals surface area contributed by atoms with Crippen LogP contribution in [0.25, 0.3) is 22.2 Å². The topological polar surface area (TPSA) is 67.8 Å². The van der Waals surface area contributed by atoms with Gasteiger partial charge in [0.05, 0.1) is 11.8 Å². The average Bonchev–Trinajstić information content (AvgIpc) is 2.81. The Bertz CT molecular complexity index is 699. The molecule has 0 aliphatic rings. The zero-order valence-electron chi connectivity index (χ0n) is 9.12. The number of nitrogen functional groups attached to an aromatic ring is 1. The van der Waals surface area contributed by atoms with Gasteiger partial charge in [0.15, 0.2) is 5.76 Å². The summed E-state index contributed by atoms with van der Waals surface area (Å²) in [5.41, 5.74) is 8.68. The first-order valence-electron chi connectivity index (χ1n) is 5.15. The summed E-state index contributed by atoms with van der Waals surface area (Å²) in [4.78, 5) is 3.16. The Labute approximate surface area is 96.2 Å². The van der Waals surface area contributed by atoms with E-state index in [9.17, 15) is 4.39 Å². The van der Waals surface area contributed by atoms with Gasteiger partial charge < -0.3 is 15.2 Å². The number of hydrogen-bond acceptors (Lipinski definition) is 3. The predicted octanol–water partition coefficient (Wildman–Crippen LogP) is 2.85. The molecular formula is C12H10FN3O. The standard InChI is InChI=1S/C12H10FN3O/c1-6-11(12-9(14)5-15-17-12)8-4-7(13)2-3-10(8)16-6/h2-5,16H,14H2,1H3. The highest BCUT2D eigenvalue weighted by molar-refractivity contribution is 5.98. The smallest absolute Gasteiger partial charge is 0.192 e. The van der Waals surface area contributed by atoms with Crippen molar-refractivity contribution in [1.29, 1.82) is 0 Å². The van der Waals surface area contributed by atoms with E-state index in [-0.39, 0.29) is 5.82 Å². The number of aromatic amines is 1. The summed E-state index contributed by atoms with van der Waals surface area (Å²) in [6.07, 6.45) is 1.44. The quantitative estimate of drug-likeness (QED) is 0.676. The molecule has 2 aromatic heterocycles.